The molecule has 2 aromatic rings. The number of carbonyl (C=O) groups excluding carboxylic acids is 1. The van der Waals surface area contributed by atoms with Crippen LogP contribution in [-0.2, 0) is 11.3 Å². The Morgan fingerprint density at radius 1 is 1.21 bits per heavy atom. The molecule has 0 radical (unpaired) electrons. The Morgan fingerprint density at radius 3 is 2.71 bits per heavy atom. The van der Waals surface area contributed by atoms with Crippen LogP contribution in [0.2, 0.25) is 0 Å². The van der Waals surface area contributed by atoms with Gasteiger partial charge in [-0.05, 0) is 43.2 Å². The zero-order valence-electron chi connectivity index (χ0n) is 13.4. The number of rotatable bonds is 6. The molecule has 1 aromatic heterocycles. The monoisotopic (exact) mass is 345 g/mol. The lowest BCUT2D eigenvalue weighted by atomic mass is 10.1. The molecule has 0 unspecified atom stereocenters. The van der Waals surface area contributed by atoms with Gasteiger partial charge < -0.3 is 5.32 Å². The summed E-state index contributed by atoms with van der Waals surface area (Å²) in [5, 5.41) is 3.54. The Kier molecular flexibility index (Phi) is 5.80. The van der Waals surface area contributed by atoms with E-state index in [0.717, 1.165) is 17.0 Å². The predicted octanol–water partition coefficient (Wildman–Crippen LogP) is 3.57. The van der Waals surface area contributed by atoms with Gasteiger partial charge in [-0.2, -0.15) is 0 Å². The fourth-order valence-electron chi connectivity index (χ4n) is 2.76. The van der Waals surface area contributed by atoms with Crippen molar-refractivity contribution in [2.45, 2.75) is 37.5 Å². The molecule has 24 heavy (non-hydrogen) atoms. The van der Waals surface area contributed by atoms with Gasteiger partial charge in [0.15, 0.2) is 0 Å². The molecule has 0 bridgehead atoms. The number of carbonyl (C=O) groups is 1. The molecule has 1 N–H and O–H groups in total. The van der Waals surface area contributed by atoms with Gasteiger partial charge in [-0.3, -0.25) is 4.79 Å². The van der Waals surface area contributed by atoms with Gasteiger partial charge in [-0.15, -0.1) is 11.8 Å². The Hall–Kier alpha value is -1.95. The van der Waals surface area contributed by atoms with Crippen molar-refractivity contribution < 1.29 is 9.18 Å². The molecule has 0 spiro atoms. The van der Waals surface area contributed by atoms with E-state index in [0.29, 0.717) is 17.5 Å². The van der Waals surface area contributed by atoms with Crippen LogP contribution in [0.4, 0.5) is 4.39 Å². The third-order valence-corrected chi connectivity index (χ3v) is 5.45. The maximum Gasteiger partial charge on any atom is 0.230 e. The van der Waals surface area contributed by atoms with E-state index in [-0.39, 0.29) is 11.7 Å². The average molecular weight is 345 g/mol. The minimum Gasteiger partial charge on any atom is -0.350 e. The normalized spacial score (nSPS) is 14.7. The number of thioether (sulfide) groups is 1. The molecule has 4 nitrogen and oxygen atoms in total. The van der Waals surface area contributed by atoms with E-state index in [1.54, 1.807) is 23.9 Å². The van der Waals surface area contributed by atoms with E-state index in [2.05, 4.69) is 15.3 Å². The highest BCUT2D eigenvalue weighted by molar-refractivity contribution is 8.00. The summed E-state index contributed by atoms with van der Waals surface area (Å²) in [5.74, 6) is 0.259. The lowest BCUT2D eigenvalue weighted by molar-refractivity contribution is -0.118. The highest BCUT2D eigenvalue weighted by Crippen LogP contribution is 2.29. The summed E-state index contributed by atoms with van der Waals surface area (Å²) in [6, 6.07) is 7.98. The fraction of sp³-hybridized carbons (Fsp3) is 0.389. The standard InChI is InChI=1S/C18H20FN3OS/c19-14-7-5-13(6-8-14)17-9-15(21-12-22-17)10-20-18(23)11-24-16-3-1-2-4-16/h5-9,12,16H,1-4,10-11H2,(H,20,23). The van der Waals surface area contributed by atoms with Crippen molar-refractivity contribution in [2.75, 3.05) is 5.75 Å². The molecule has 0 saturated heterocycles. The molecule has 0 aliphatic heterocycles. The van der Waals surface area contributed by atoms with Crippen LogP contribution in [0.25, 0.3) is 11.3 Å². The van der Waals surface area contributed by atoms with Crippen LogP contribution in [0.1, 0.15) is 31.4 Å². The molecular weight excluding hydrogens is 325 g/mol. The zero-order chi connectivity index (χ0) is 16.8. The summed E-state index contributed by atoms with van der Waals surface area (Å²) < 4.78 is 13.0. The van der Waals surface area contributed by atoms with Gasteiger partial charge in [0, 0.05) is 10.8 Å². The SMILES string of the molecule is O=C(CSC1CCCC1)NCc1cc(-c2ccc(F)cc2)ncn1. The van der Waals surface area contributed by atoms with Crippen LogP contribution >= 0.6 is 11.8 Å². The molecule has 6 heteroatoms. The van der Waals surface area contributed by atoms with Crippen LogP contribution in [0.15, 0.2) is 36.7 Å². The second-order valence-corrected chi connectivity index (χ2v) is 7.18. The van der Waals surface area contributed by atoms with Crippen molar-refractivity contribution in [3.05, 3.63) is 48.2 Å². The Morgan fingerprint density at radius 2 is 1.96 bits per heavy atom. The first-order valence-electron chi connectivity index (χ1n) is 8.16. The molecule has 1 aliphatic rings. The van der Waals surface area contributed by atoms with Crippen LogP contribution in [0, 0.1) is 5.82 Å². The Balaban J connectivity index is 1.52. The summed E-state index contributed by atoms with van der Waals surface area (Å²) in [6.07, 6.45) is 6.49. The average Bonchev–Trinajstić information content (AvgIpc) is 3.13. The second-order valence-electron chi connectivity index (χ2n) is 5.90. The molecule has 1 aromatic carbocycles. The smallest absolute Gasteiger partial charge is 0.230 e. The van der Waals surface area contributed by atoms with E-state index in [1.165, 1.54) is 44.1 Å². The van der Waals surface area contributed by atoms with Crippen molar-refractivity contribution >= 4 is 17.7 Å². The maximum atomic E-state index is 13.0. The lowest BCUT2D eigenvalue weighted by Gasteiger charge is -2.09. The first-order chi connectivity index (χ1) is 11.7. The predicted molar refractivity (Wildman–Crippen MR) is 94.0 cm³/mol. The zero-order valence-corrected chi connectivity index (χ0v) is 14.2. The van der Waals surface area contributed by atoms with Gasteiger partial charge in [0.05, 0.1) is 23.7 Å². The molecule has 1 heterocycles. The summed E-state index contributed by atoms with van der Waals surface area (Å²) in [6.45, 7) is 0.376. The molecule has 1 amide bonds. The van der Waals surface area contributed by atoms with Crippen molar-refractivity contribution in [1.82, 2.24) is 15.3 Å². The first kappa shape index (κ1) is 16.9. The molecule has 1 aliphatic carbocycles. The van der Waals surface area contributed by atoms with Crippen LogP contribution < -0.4 is 5.32 Å². The number of hydrogen-bond donors (Lipinski definition) is 1. The Bertz CT molecular complexity index is 687. The van der Waals surface area contributed by atoms with E-state index in [9.17, 15) is 9.18 Å². The highest BCUT2D eigenvalue weighted by Gasteiger charge is 2.16. The van der Waals surface area contributed by atoms with Gasteiger partial charge in [0.1, 0.15) is 12.1 Å². The third kappa shape index (κ3) is 4.77. The lowest BCUT2D eigenvalue weighted by Crippen LogP contribution is -2.25. The minimum absolute atomic E-state index is 0.0360. The van der Waals surface area contributed by atoms with Crippen molar-refractivity contribution in [2.24, 2.45) is 0 Å². The van der Waals surface area contributed by atoms with Gasteiger partial charge in [0.25, 0.3) is 0 Å². The molecule has 0 atom stereocenters. The Labute approximate surface area is 145 Å². The van der Waals surface area contributed by atoms with E-state index in [1.807, 2.05) is 6.07 Å². The molecular formula is C18H20FN3OS. The second kappa shape index (κ2) is 8.24. The summed E-state index contributed by atoms with van der Waals surface area (Å²) in [5.41, 5.74) is 2.28. The van der Waals surface area contributed by atoms with E-state index in [4.69, 9.17) is 0 Å². The van der Waals surface area contributed by atoms with Crippen LogP contribution in [0.5, 0.6) is 0 Å². The molecule has 126 valence electrons. The largest absolute Gasteiger partial charge is 0.350 e. The van der Waals surface area contributed by atoms with Gasteiger partial charge in [-0.25, -0.2) is 14.4 Å². The first-order valence-corrected chi connectivity index (χ1v) is 9.21. The minimum atomic E-state index is -0.278. The van der Waals surface area contributed by atoms with Gasteiger partial charge in [-0.1, -0.05) is 12.8 Å². The fourth-order valence-corrected chi connectivity index (χ4v) is 3.92. The van der Waals surface area contributed by atoms with E-state index < -0.39 is 0 Å². The molecule has 1 saturated carbocycles. The van der Waals surface area contributed by atoms with Gasteiger partial charge in [0.2, 0.25) is 5.91 Å². The van der Waals surface area contributed by atoms with Crippen molar-refractivity contribution in [3.8, 4) is 11.3 Å². The van der Waals surface area contributed by atoms with Gasteiger partial charge >= 0.3 is 0 Å². The number of amides is 1. The molecule has 1 fully saturated rings. The number of aromatic nitrogens is 2. The summed E-state index contributed by atoms with van der Waals surface area (Å²) in [7, 11) is 0. The molecule has 3 rings (SSSR count). The maximum absolute atomic E-state index is 13.0. The third-order valence-electron chi connectivity index (χ3n) is 4.08. The number of hydrogen-bond acceptors (Lipinski definition) is 4. The highest BCUT2D eigenvalue weighted by atomic mass is 32.2. The summed E-state index contributed by atoms with van der Waals surface area (Å²) >= 11 is 1.75. The number of halogens is 1. The number of benzene rings is 1. The quantitative estimate of drug-likeness (QED) is 0.869. The van der Waals surface area contributed by atoms with Crippen LogP contribution in [0.3, 0.4) is 0 Å². The van der Waals surface area contributed by atoms with Crippen molar-refractivity contribution in [1.29, 1.82) is 0 Å². The van der Waals surface area contributed by atoms with Crippen LogP contribution in [-0.4, -0.2) is 26.9 Å². The topological polar surface area (TPSA) is 54.9 Å². The van der Waals surface area contributed by atoms with E-state index >= 15 is 0 Å². The number of nitrogens with one attached hydrogen (secondary N) is 1. The summed E-state index contributed by atoms with van der Waals surface area (Å²) in [4.78, 5) is 20.3. The number of nitrogens with zero attached hydrogens (tertiary/aromatic N) is 2. The van der Waals surface area contributed by atoms with Crippen molar-refractivity contribution in [3.63, 3.8) is 0 Å².